The first-order chi connectivity index (χ1) is 14.4. The highest BCUT2D eigenvalue weighted by Crippen LogP contribution is 2.24. The van der Waals surface area contributed by atoms with Crippen LogP contribution in [0.5, 0.6) is 5.75 Å². The summed E-state index contributed by atoms with van der Waals surface area (Å²) in [7, 11) is 4.04. The van der Waals surface area contributed by atoms with Gasteiger partial charge in [0.05, 0.1) is 18.5 Å². The van der Waals surface area contributed by atoms with Gasteiger partial charge in [0.15, 0.2) is 11.5 Å². The Morgan fingerprint density at radius 1 is 1.20 bits per heavy atom. The van der Waals surface area contributed by atoms with Gasteiger partial charge in [-0.15, -0.1) is 0 Å². The number of carbonyl (C=O) groups is 1. The molecule has 0 spiro atoms. The average molecular weight is 409 g/mol. The number of amides is 1. The van der Waals surface area contributed by atoms with Crippen molar-refractivity contribution >= 4 is 17.4 Å². The summed E-state index contributed by atoms with van der Waals surface area (Å²) in [5.74, 6) is -0.158. The minimum absolute atomic E-state index is 0.0271. The summed E-state index contributed by atoms with van der Waals surface area (Å²) < 4.78 is 19.2. The molecule has 0 saturated carbocycles. The fourth-order valence-electron chi connectivity index (χ4n) is 2.78. The van der Waals surface area contributed by atoms with E-state index >= 15 is 0 Å². The summed E-state index contributed by atoms with van der Waals surface area (Å²) in [5, 5.41) is 3.04. The topological polar surface area (TPSA) is 93.4 Å². The van der Waals surface area contributed by atoms with Gasteiger partial charge < -0.3 is 20.7 Å². The summed E-state index contributed by atoms with van der Waals surface area (Å²) in [6, 6.07) is 13.2. The van der Waals surface area contributed by atoms with Crippen LogP contribution in [-0.2, 0) is 0 Å². The third-order valence-electron chi connectivity index (χ3n) is 4.26. The number of carbonyl (C=O) groups excluding carboxylic acids is 1. The number of primary amides is 1. The molecule has 0 atom stereocenters. The molecule has 0 radical (unpaired) electrons. The number of nitrogens with zero attached hydrogens (tertiary/aromatic N) is 3. The smallest absolute Gasteiger partial charge is 0.271 e. The minimum atomic E-state index is -0.732. The lowest BCUT2D eigenvalue weighted by Crippen LogP contribution is -2.17. The van der Waals surface area contributed by atoms with Gasteiger partial charge in [-0.1, -0.05) is 12.1 Å². The standard InChI is InChI=1S/C22H24FN5O2/c1-28(2)11-4-12-30-18-9-7-17(8-10-18)26-22-20(21(24)29)27-19(14-25-22)15-5-3-6-16(23)13-15/h3,5-10,13-14H,4,11-12H2,1-2H3,(H2,24,29)(H,25,26). The average Bonchev–Trinajstić information content (AvgIpc) is 2.72. The molecule has 3 N–H and O–H groups in total. The molecule has 0 unspecified atom stereocenters. The normalized spacial score (nSPS) is 10.8. The van der Waals surface area contributed by atoms with Gasteiger partial charge in [0, 0.05) is 17.8 Å². The van der Waals surface area contributed by atoms with E-state index in [-0.39, 0.29) is 11.5 Å². The van der Waals surface area contributed by atoms with Gasteiger partial charge in [0.1, 0.15) is 11.6 Å². The van der Waals surface area contributed by atoms with Crippen molar-refractivity contribution in [3.05, 3.63) is 66.2 Å². The number of nitrogens with two attached hydrogens (primary N) is 1. The van der Waals surface area contributed by atoms with Crippen LogP contribution in [0.3, 0.4) is 0 Å². The molecule has 0 fully saturated rings. The Morgan fingerprint density at radius 3 is 2.63 bits per heavy atom. The second-order valence-corrected chi connectivity index (χ2v) is 6.98. The van der Waals surface area contributed by atoms with Crippen LogP contribution in [0.2, 0.25) is 0 Å². The van der Waals surface area contributed by atoms with E-state index in [9.17, 15) is 9.18 Å². The molecule has 1 amide bonds. The van der Waals surface area contributed by atoms with Crippen molar-refractivity contribution in [1.82, 2.24) is 14.9 Å². The summed E-state index contributed by atoms with van der Waals surface area (Å²) in [6.45, 7) is 1.59. The fourth-order valence-corrected chi connectivity index (χ4v) is 2.78. The zero-order chi connectivity index (χ0) is 21.5. The maximum Gasteiger partial charge on any atom is 0.271 e. The molecule has 0 bridgehead atoms. The molecule has 3 rings (SSSR count). The molecule has 2 aromatic carbocycles. The number of hydrogen-bond donors (Lipinski definition) is 2. The molecule has 30 heavy (non-hydrogen) atoms. The number of nitrogens with one attached hydrogen (secondary N) is 1. The van der Waals surface area contributed by atoms with Crippen LogP contribution in [0.1, 0.15) is 16.9 Å². The largest absolute Gasteiger partial charge is 0.494 e. The Labute approximate surface area is 174 Å². The molecule has 8 heteroatoms. The molecule has 3 aromatic rings. The molecular formula is C22H24FN5O2. The lowest BCUT2D eigenvalue weighted by atomic mass is 10.1. The van der Waals surface area contributed by atoms with Crippen molar-refractivity contribution < 1.29 is 13.9 Å². The summed E-state index contributed by atoms with van der Waals surface area (Å²) in [5.41, 5.74) is 7.02. The molecule has 0 aliphatic carbocycles. The highest BCUT2D eigenvalue weighted by molar-refractivity contribution is 5.96. The summed E-state index contributed by atoms with van der Waals surface area (Å²) >= 11 is 0. The molecule has 7 nitrogen and oxygen atoms in total. The van der Waals surface area contributed by atoms with Gasteiger partial charge in [-0.2, -0.15) is 0 Å². The molecule has 0 saturated heterocycles. The van der Waals surface area contributed by atoms with E-state index in [1.54, 1.807) is 12.1 Å². The zero-order valence-corrected chi connectivity index (χ0v) is 16.9. The van der Waals surface area contributed by atoms with Gasteiger partial charge in [-0.3, -0.25) is 4.79 Å². The molecule has 0 aliphatic heterocycles. The van der Waals surface area contributed by atoms with Gasteiger partial charge in [-0.25, -0.2) is 14.4 Å². The fraction of sp³-hybridized carbons (Fsp3) is 0.227. The van der Waals surface area contributed by atoms with E-state index in [1.165, 1.54) is 18.3 Å². The first-order valence-electron chi connectivity index (χ1n) is 9.50. The van der Waals surface area contributed by atoms with Gasteiger partial charge in [-0.05, 0) is 56.9 Å². The van der Waals surface area contributed by atoms with Crippen LogP contribution in [0.4, 0.5) is 15.9 Å². The quantitative estimate of drug-likeness (QED) is 0.526. The number of rotatable bonds is 9. The Balaban J connectivity index is 1.72. The van der Waals surface area contributed by atoms with Crippen molar-refractivity contribution in [1.29, 1.82) is 0 Å². The highest BCUT2D eigenvalue weighted by atomic mass is 19.1. The summed E-state index contributed by atoms with van der Waals surface area (Å²) in [4.78, 5) is 22.5. The van der Waals surface area contributed by atoms with Gasteiger partial charge in [0.25, 0.3) is 5.91 Å². The number of hydrogen-bond acceptors (Lipinski definition) is 6. The first kappa shape index (κ1) is 21.2. The Hall–Kier alpha value is -3.52. The first-order valence-corrected chi connectivity index (χ1v) is 9.50. The van der Waals surface area contributed by atoms with Crippen LogP contribution in [0.15, 0.2) is 54.7 Å². The number of benzene rings is 2. The maximum absolute atomic E-state index is 13.5. The maximum atomic E-state index is 13.5. The van der Waals surface area contributed by atoms with Crippen LogP contribution >= 0.6 is 0 Å². The predicted octanol–water partition coefficient (Wildman–Crippen LogP) is 3.46. The second kappa shape index (κ2) is 9.80. The molecular weight excluding hydrogens is 385 g/mol. The van der Waals surface area contributed by atoms with Crippen LogP contribution in [-0.4, -0.2) is 48.0 Å². The Bertz CT molecular complexity index is 1010. The molecule has 1 aromatic heterocycles. The van der Waals surface area contributed by atoms with Gasteiger partial charge in [0.2, 0.25) is 0 Å². The van der Waals surface area contributed by atoms with Crippen LogP contribution in [0.25, 0.3) is 11.3 Å². The van der Waals surface area contributed by atoms with Gasteiger partial charge >= 0.3 is 0 Å². The van der Waals surface area contributed by atoms with E-state index in [1.807, 2.05) is 38.4 Å². The Kier molecular flexibility index (Phi) is 6.92. The summed E-state index contributed by atoms with van der Waals surface area (Å²) in [6.07, 6.45) is 2.40. The van der Waals surface area contributed by atoms with Crippen molar-refractivity contribution in [3.8, 4) is 17.0 Å². The second-order valence-electron chi connectivity index (χ2n) is 6.98. The number of halogens is 1. The third-order valence-corrected chi connectivity index (χ3v) is 4.26. The van der Waals surface area contributed by atoms with E-state index in [0.29, 0.717) is 23.6 Å². The van der Waals surface area contributed by atoms with E-state index in [0.717, 1.165) is 18.7 Å². The highest BCUT2D eigenvalue weighted by Gasteiger charge is 2.14. The third kappa shape index (κ3) is 5.74. The monoisotopic (exact) mass is 409 g/mol. The van der Waals surface area contributed by atoms with Crippen molar-refractivity contribution in [2.75, 3.05) is 32.6 Å². The van der Waals surface area contributed by atoms with Crippen molar-refractivity contribution in [2.24, 2.45) is 5.73 Å². The zero-order valence-electron chi connectivity index (χ0n) is 16.9. The number of ether oxygens (including phenoxy) is 1. The van der Waals surface area contributed by atoms with E-state index in [2.05, 4.69) is 20.2 Å². The lowest BCUT2D eigenvalue weighted by molar-refractivity contribution is 0.0996. The number of aromatic nitrogens is 2. The van der Waals surface area contributed by atoms with E-state index < -0.39 is 11.7 Å². The Morgan fingerprint density at radius 2 is 1.97 bits per heavy atom. The molecule has 1 heterocycles. The SMILES string of the molecule is CN(C)CCCOc1ccc(Nc2ncc(-c3cccc(F)c3)nc2C(N)=O)cc1. The van der Waals surface area contributed by atoms with Crippen molar-refractivity contribution in [2.45, 2.75) is 6.42 Å². The molecule has 156 valence electrons. The molecule has 0 aliphatic rings. The van der Waals surface area contributed by atoms with Crippen LogP contribution in [0, 0.1) is 5.82 Å². The lowest BCUT2D eigenvalue weighted by Gasteiger charge is -2.12. The van der Waals surface area contributed by atoms with E-state index in [4.69, 9.17) is 10.5 Å². The van der Waals surface area contributed by atoms with Crippen molar-refractivity contribution in [3.63, 3.8) is 0 Å². The van der Waals surface area contributed by atoms with Crippen LogP contribution < -0.4 is 15.8 Å². The minimum Gasteiger partial charge on any atom is -0.494 e. The predicted molar refractivity (Wildman–Crippen MR) is 114 cm³/mol. The number of anilines is 2.